The number of thiazole rings is 1. The summed E-state index contributed by atoms with van der Waals surface area (Å²) in [5, 5.41) is 6.49. The first kappa shape index (κ1) is 28.0. The molecule has 1 unspecified atom stereocenters. The van der Waals surface area contributed by atoms with Gasteiger partial charge in [-0.3, -0.25) is 20.0 Å². The van der Waals surface area contributed by atoms with Gasteiger partial charge in [-0.2, -0.15) is 0 Å². The van der Waals surface area contributed by atoms with E-state index in [1.54, 1.807) is 12.1 Å². The lowest BCUT2D eigenvalue weighted by atomic mass is 9.95. The number of ether oxygens (including phenoxy) is 1. The van der Waals surface area contributed by atoms with Gasteiger partial charge >= 0.3 is 5.97 Å². The van der Waals surface area contributed by atoms with E-state index in [0.29, 0.717) is 28.7 Å². The smallest absolute Gasteiger partial charge is 0.340 e. The van der Waals surface area contributed by atoms with Crippen LogP contribution in [0, 0.1) is 0 Å². The van der Waals surface area contributed by atoms with Crippen molar-refractivity contribution >= 4 is 50.8 Å². The Balaban J connectivity index is 1.23. The van der Waals surface area contributed by atoms with Crippen LogP contribution in [0.2, 0.25) is 5.02 Å². The molecule has 1 aliphatic rings. The maximum Gasteiger partial charge on any atom is 0.340 e. The van der Waals surface area contributed by atoms with Gasteiger partial charge in [-0.1, -0.05) is 79.2 Å². The number of nitrogens with zero attached hydrogens (tertiary/aromatic N) is 3. The predicted molar refractivity (Wildman–Crippen MR) is 167 cm³/mol. The molecule has 7 nitrogen and oxygen atoms in total. The van der Waals surface area contributed by atoms with Gasteiger partial charge in [-0.25, -0.2) is 9.78 Å². The zero-order valence-corrected chi connectivity index (χ0v) is 24.6. The van der Waals surface area contributed by atoms with Gasteiger partial charge in [0.15, 0.2) is 11.2 Å². The fourth-order valence-electron chi connectivity index (χ4n) is 5.24. The van der Waals surface area contributed by atoms with Crippen LogP contribution in [-0.4, -0.2) is 39.4 Å². The molecule has 6 rings (SSSR count). The van der Waals surface area contributed by atoms with Crippen molar-refractivity contribution in [1.29, 1.82) is 0 Å². The number of anilines is 1. The van der Waals surface area contributed by atoms with Gasteiger partial charge in [0.05, 0.1) is 16.8 Å². The molecule has 0 saturated carbocycles. The van der Waals surface area contributed by atoms with Crippen molar-refractivity contribution in [3.8, 4) is 11.3 Å². The molecule has 42 heavy (non-hydrogen) atoms. The van der Waals surface area contributed by atoms with Crippen molar-refractivity contribution in [2.45, 2.75) is 39.0 Å². The predicted octanol–water partition coefficient (Wildman–Crippen LogP) is 7.14. The van der Waals surface area contributed by atoms with Crippen LogP contribution in [-0.2, 0) is 29.0 Å². The molecule has 0 saturated heterocycles. The number of fused-ring (bicyclic) bond motifs is 2. The summed E-state index contributed by atoms with van der Waals surface area (Å²) in [4.78, 5) is 38.9. The molecule has 0 aliphatic carbocycles. The maximum absolute atomic E-state index is 13.9. The molecular formula is C33H29ClN4O3S. The Morgan fingerprint density at radius 2 is 1.79 bits per heavy atom. The van der Waals surface area contributed by atoms with Crippen LogP contribution in [0.1, 0.15) is 40.5 Å². The van der Waals surface area contributed by atoms with Crippen LogP contribution in [0.15, 0.2) is 84.2 Å². The van der Waals surface area contributed by atoms with Crippen LogP contribution in [0.4, 0.5) is 5.13 Å². The average molecular weight is 597 g/mol. The molecule has 5 aromatic rings. The van der Waals surface area contributed by atoms with Crippen molar-refractivity contribution in [2.24, 2.45) is 0 Å². The Morgan fingerprint density at radius 1 is 1.02 bits per heavy atom. The number of nitrogens with one attached hydrogen (secondary N) is 1. The molecule has 1 amide bonds. The van der Waals surface area contributed by atoms with E-state index in [0.717, 1.165) is 52.9 Å². The third-order valence-corrected chi connectivity index (χ3v) is 8.38. The third kappa shape index (κ3) is 6.06. The SMILES string of the molecule is CCC(OC(=O)c1c2c(nc3ccccc13)CCN(Cc1ccccc1)C2)C(=O)Nc1nc(-c2ccc(Cl)cc2)cs1. The number of aromatic nitrogens is 2. The number of hydrogen-bond donors (Lipinski definition) is 1. The Hall–Kier alpha value is -4.11. The second-order valence-corrected chi connectivity index (χ2v) is 11.5. The number of rotatable bonds is 8. The first-order valence-corrected chi connectivity index (χ1v) is 15.1. The second kappa shape index (κ2) is 12.4. The largest absolute Gasteiger partial charge is 0.449 e. The molecule has 3 heterocycles. The first-order valence-electron chi connectivity index (χ1n) is 13.9. The lowest BCUT2D eigenvalue weighted by Gasteiger charge is -2.30. The highest BCUT2D eigenvalue weighted by molar-refractivity contribution is 7.14. The summed E-state index contributed by atoms with van der Waals surface area (Å²) in [6, 6.07) is 25.2. The number of hydrogen-bond acceptors (Lipinski definition) is 7. The number of carbonyl (C=O) groups excluding carboxylic acids is 2. The summed E-state index contributed by atoms with van der Waals surface area (Å²) in [7, 11) is 0. The Kier molecular flexibility index (Phi) is 8.28. The van der Waals surface area contributed by atoms with E-state index < -0.39 is 18.0 Å². The molecular weight excluding hydrogens is 568 g/mol. The minimum Gasteiger partial charge on any atom is -0.449 e. The number of para-hydroxylation sites is 1. The minimum atomic E-state index is -0.980. The molecule has 0 radical (unpaired) electrons. The van der Waals surface area contributed by atoms with Crippen molar-refractivity contribution in [3.63, 3.8) is 0 Å². The van der Waals surface area contributed by atoms with Crippen LogP contribution in [0.3, 0.4) is 0 Å². The zero-order valence-electron chi connectivity index (χ0n) is 23.0. The van der Waals surface area contributed by atoms with Crippen molar-refractivity contribution in [2.75, 3.05) is 11.9 Å². The van der Waals surface area contributed by atoms with Crippen LogP contribution in [0.5, 0.6) is 0 Å². The van der Waals surface area contributed by atoms with Crippen molar-refractivity contribution in [1.82, 2.24) is 14.9 Å². The molecule has 212 valence electrons. The highest BCUT2D eigenvalue weighted by Crippen LogP contribution is 2.31. The number of benzene rings is 3. The number of halogens is 1. The van der Waals surface area contributed by atoms with Gasteiger partial charge in [-0.15, -0.1) is 11.3 Å². The number of pyridine rings is 1. The normalized spacial score (nSPS) is 13.9. The number of amides is 1. The van der Waals surface area contributed by atoms with E-state index in [2.05, 4.69) is 27.3 Å². The van der Waals surface area contributed by atoms with E-state index in [4.69, 9.17) is 21.3 Å². The zero-order chi connectivity index (χ0) is 29.1. The summed E-state index contributed by atoms with van der Waals surface area (Å²) in [6.07, 6.45) is 0.0653. The molecule has 0 fully saturated rings. The second-order valence-electron chi connectivity index (χ2n) is 10.2. The molecule has 3 aromatic carbocycles. The fraction of sp³-hybridized carbons (Fsp3) is 0.212. The minimum absolute atomic E-state index is 0.318. The Morgan fingerprint density at radius 3 is 2.57 bits per heavy atom. The van der Waals surface area contributed by atoms with E-state index in [9.17, 15) is 9.59 Å². The summed E-state index contributed by atoms with van der Waals surface area (Å²) in [5.74, 6) is -0.935. The van der Waals surface area contributed by atoms with Crippen LogP contribution in [0.25, 0.3) is 22.2 Å². The van der Waals surface area contributed by atoms with E-state index in [1.165, 1.54) is 16.9 Å². The van der Waals surface area contributed by atoms with Crippen molar-refractivity contribution in [3.05, 3.63) is 112 Å². The third-order valence-electron chi connectivity index (χ3n) is 7.37. The highest BCUT2D eigenvalue weighted by atomic mass is 35.5. The van der Waals surface area contributed by atoms with E-state index >= 15 is 0 Å². The van der Waals surface area contributed by atoms with Gasteiger partial charge in [0, 0.05) is 58.7 Å². The quantitative estimate of drug-likeness (QED) is 0.192. The van der Waals surface area contributed by atoms with Crippen molar-refractivity contribution < 1.29 is 14.3 Å². The van der Waals surface area contributed by atoms with E-state index in [1.807, 2.05) is 66.9 Å². The highest BCUT2D eigenvalue weighted by Gasteiger charge is 2.30. The van der Waals surface area contributed by atoms with Gasteiger partial charge < -0.3 is 4.74 Å². The van der Waals surface area contributed by atoms with E-state index in [-0.39, 0.29) is 0 Å². The van der Waals surface area contributed by atoms with Gasteiger partial charge in [-0.05, 0) is 30.2 Å². The lowest BCUT2D eigenvalue weighted by Crippen LogP contribution is -2.34. The average Bonchev–Trinajstić information content (AvgIpc) is 3.47. The standard InChI is InChI=1S/C33H29ClN4O3S/c1-2-29(31(39)37-33-36-28(20-42-33)22-12-14-23(34)15-13-22)41-32(40)30-24-10-6-7-11-26(24)35-27-16-17-38(19-25(27)30)18-21-8-4-3-5-9-21/h3-15,20,29H,2,16-19H2,1H3,(H,36,37,39). The molecule has 9 heteroatoms. The topological polar surface area (TPSA) is 84.4 Å². The van der Waals surface area contributed by atoms with Gasteiger partial charge in [0.25, 0.3) is 5.91 Å². The lowest BCUT2D eigenvalue weighted by molar-refractivity contribution is -0.124. The van der Waals surface area contributed by atoms with Crippen LogP contribution < -0.4 is 5.32 Å². The summed E-state index contributed by atoms with van der Waals surface area (Å²) in [6.45, 7) is 4.00. The molecule has 2 aromatic heterocycles. The Bertz CT molecular complexity index is 1740. The van der Waals surface area contributed by atoms with Gasteiger partial charge in [0.1, 0.15) is 0 Å². The summed E-state index contributed by atoms with van der Waals surface area (Å²) in [5.41, 5.74) is 5.83. The molecule has 0 spiro atoms. The molecule has 0 bridgehead atoms. The monoisotopic (exact) mass is 596 g/mol. The molecule has 1 atom stereocenters. The maximum atomic E-state index is 13.9. The van der Waals surface area contributed by atoms with Gasteiger partial charge in [0.2, 0.25) is 0 Å². The first-order chi connectivity index (χ1) is 20.5. The molecule has 1 N–H and O–H groups in total. The summed E-state index contributed by atoms with van der Waals surface area (Å²) >= 11 is 7.31. The summed E-state index contributed by atoms with van der Waals surface area (Å²) < 4.78 is 5.92. The number of esters is 1. The Labute approximate surface area is 253 Å². The van der Waals surface area contributed by atoms with Crippen LogP contribution >= 0.6 is 22.9 Å². The molecule has 1 aliphatic heterocycles. The fourth-order valence-corrected chi connectivity index (χ4v) is 6.09. The number of carbonyl (C=O) groups is 2.